The fourth-order valence-corrected chi connectivity index (χ4v) is 9.20. The lowest BCUT2D eigenvalue weighted by atomic mass is 9.82. The van der Waals surface area contributed by atoms with Crippen LogP contribution in [0.1, 0.15) is 25.0 Å². The van der Waals surface area contributed by atoms with Gasteiger partial charge in [0.2, 0.25) is 0 Å². The lowest BCUT2D eigenvalue weighted by molar-refractivity contribution is 0.660. The molecule has 0 bridgehead atoms. The van der Waals surface area contributed by atoms with Crippen LogP contribution in [-0.2, 0) is 5.41 Å². The molecule has 0 aliphatic heterocycles. The summed E-state index contributed by atoms with van der Waals surface area (Å²) in [6, 6.07) is 72.5. The van der Waals surface area contributed by atoms with E-state index < -0.39 is 0 Å². The van der Waals surface area contributed by atoms with Gasteiger partial charge in [-0.3, -0.25) is 0 Å². The zero-order valence-electron chi connectivity index (χ0n) is 31.9. The maximum atomic E-state index is 6.89. The highest BCUT2D eigenvalue weighted by Gasteiger charge is 2.38. The molecule has 11 rings (SSSR count). The number of hydrogen-bond acceptors (Lipinski definition) is 2. The van der Waals surface area contributed by atoms with Crippen LogP contribution in [-0.4, -0.2) is 0 Å². The third-order valence-corrected chi connectivity index (χ3v) is 12.1. The van der Waals surface area contributed by atoms with Crippen molar-refractivity contribution in [3.63, 3.8) is 0 Å². The van der Waals surface area contributed by atoms with Crippen LogP contribution in [0.25, 0.3) is 77.2 Å². The first kappa shape index (κ1) is 33.2. The Balaban J connectivity index is 1.13. The minimum absolute atomic E-state index is 0.138. The molecule has 10 aromatic rings. The molecule has 1 aliphatic carbocycles. The first-order valence-corrected chi connectivity index (χ1v) is 19.8. The Bertz CT molecular complexity index is 3130. The second kappa shape index (κ2) is 13.0. The van der Waals surface area contributed by atoms with Crippen molar-refractivity contribution < 1.29 is 4.42 Å². The van der Waals surface area contributed by atoms with Gasteiger partial charge in [0.15, 0.2) is 0 Å². The molecule has 0 radical (unpaired) electrons. The van der Waals surface area contributed by atoms with Crippen molar-refractivity contribution in [2.45, 2.75) is 19.3 Å². The van der Waals surface area contributed by atoms with Gasteiger partial charge in [0.25, 0.3) is 0 Å². The lowest BCUT2D eigenvalue weighted by Gasteiger charge is -2.30. The number of rotatable bonds is 6. The van der Waals surface area contributed by atoms with E-state index in [1.807, 2.05) is 0 Å². The van der Waals surface area contributed by atoms with E-state index in [2.05, 4.69) is 219 Å². The highest BCUT2D eigenvalue weighted by molar-refractivity contribution is 6.18. The Kier molecular flexibility index (Phi) is 7.55. The van der Waals surface area contributed by atoms with Crippen LogP contribution in [0, 0.1) is 0 Å². The molecule has 0 spiro atoms. The molecule has 0 saturated heterocycles. The Morgan fingerprint density at radius 2 is 1.04 bits per heavy atom. The molecule has 0 N–H and O–H groups in total. The zero-order chi connectivity index (χ0) is 38.1. The SMILES string of the molecule is CC1(C)c2ccccc2-c2c(N(c3ccc(-c4ccc(-c5ccccc5)cc4)cc3)c3ccc(-c4ccc5ccccc5c4)c4oc5ccccc5c34)cccc21. The summed E-state index contributed by atoms with van der Waals surface area (Å²) >= 11 is 0. The van der Waals surface area contributed by atoms with E-state index >= 15 is 0 Å². The van der Waals surface area contributed by atoms with Gasteiger partial charge in [-0.15, -0.1) is 0 Å². The van der Waals surface area contributed by atoms with Crippen molar-refractivity contribution in [2.24, 2.45) is 0 Å². The van der Waals surface area contributed by atoms with E-state index in [9.17, 15) is 0 Å². The average molecular weight is 730 g/mol. The summed E-state index contributed by atoms with van der Waals surface area (Å²) in [6.07, 6.45) is 0. The van der Waals surface area contributed by atoms with Crippen LogP contribution in [0.5, 0.6) is 0 Å². The molecule has 0 amide bonds. The Hall–Kier alpha value is -7.16. The van der Waals surface area contributed by atoms with Crippen LogP contribution in [0.4, 0.5) is 17.1 Å². The summed E-state index contributed by atoms with van der Waals surface area (Å²) in [5.41, 5.74) is 17.2. The normalized spacial score (nSPS) is 12.9. The van der Waals surface area contributed by atoms with Gasteiger partial charge in [-0.2, -0.15) is 0 Å². The highest BCUT2D eigenvalue weighted by atomic mass is 16.3. The quantitative estimate of drug-likeness (QED) is 0.169. The Morgan fingerprint density at radius 3 is 1.82 bits per heavy atom. The third kappa shape index (κ3) is 5.33. The van der Waals surface area contributed by atoms with E-state index in [0.717, 1.165) is 50.1 Å². The fourth-order valence-electron chi connectivity index (χ4n) is 9.20. The number of furan rings is 1. The van der Waals surface area contributed by atoms with Crippen LogP contribution in [0.3, 0.4) is 0 Å². The number of fused-ring (bicyclic) bond motifs is 7. The van der Waals surface area contributed by atoms with Gasteiger partial charge in [-0.25, -0.2) is 0 Å². The first-order chi connectivity index (χ1) is 28.0. The molecule has 1 aliphatic rings. The van der Waals surface area contributed by atoms with Crippen LogP contribution < -0.4 is 4.90 Å². The summed E-state index contributed by atoms with van der Waals surface area (Å²) < 4.78 is 6.89. The molecule has 9 aromatic carbocycles. The van der Waals surface area contributed by atoms with Gasteiger partial charge >= 0.3 is 0 Å². The van der Waals surface area contributed by atoms with E-state index in [1.165, 1.54) is 55.3 Å². The van der Waals surface area contributed by atoms with Crippen LogP contribution >= 0.6 is 0 Å². The Labute approximate surface area is 332 Å². The van der Waals surface area contributed by atoms with Crippen LogP contribution in [0.15, 0.2) is 205 Å². The second-order valence-electron chi connectivity index (χ2n) is 15.7. The van der Waals surface area contributed by atoms with Crippen molar-refractivity contribution in [1.82, 2.24) is 0 Å². The smallest absolute Gasteiger partial charge is 0.145 e. The van der Waals surface area contributed by atoms with Gasteiger partial charge < -0.3 is 9.32 Å². The van der Waals surface area contributed by atoms with Gasteiger partial charge in [0, 0.05) is 27.6 Å². The maximum Gasteiger partial charge on any atom is 0.145 e. The predicted octanol–water partition coefficient (Wildman–Crippen LogP) is 15.5. The summed E-state index contributed by atoms with van der Waals surface area (Å²) in [7, 11) is 0. The monoisotopic (exact) mass is 729 g/mol. The van der Waals surface area contributed by atoms with E-state index in [0.29, 0.717) is 0 Å². The number of para-hydroxylation sites is 1. The number of nitrogens with zero attached hydrogens (tertiary/aromatic N) is 1. The van der Waals surface area contributed by atoms with Gasteiger partial charge in [-0.1, -0.05) is 172 Å². The molecule has 270 valence electrons. The summed E-state index contributed by atoms with van der Waals surface area (Å²) in [4.78, 5) is 2.47. The molecule has 1 heterocycles. The number of hydrogen-bond donors (Lipinski definition) is 0. The molecule has 57 heavy (non-hydrogen) atoms. The van der Waals surface area contributed by atoms with Gasteiger partial charge in [0.05, 0.1) is 16.8 Å². The Morgan fingerprint density at radius 1 is 0.421 bits per heavy atom. The molecule has 2 nitrogen and oxygen atoms in total. The van der Waals surface area contributed by atoms with Crippen molar-refractivity contribution in [3.05, 3.63) is 211 Å². The molecule has 0 unspecified atom stereocenters. The maximum absolute atomic E-state index is 6.89. The molecule has 1 aromatic heterocycles. The summed E-state index contributed by atoms with van der Waals surface area (Å²) in [5.74, 6) is 0. The predicted molar refractivity (Wildman–Crippen MR) is 240 cm³/mol. The fraction of sp³-hybridized carbons (Fsp3) is 0.0545. The molecular weight excluding hydrogens is 691 g/mol. The van der Waals surface area contributed by atoms with Crippen molar-refractivity contribution >= 4 is 49.8 Å². The van der Waals surface area contributed by atoms with Crippen molar-refractivity contribution in [2.75, 3.05) is 4.90 Å². The molecule has 0 atom stereocenters. The molecule has 2 heteroatoms. The van der Waals surface area contributed by atoms with E-state index in [-0.39, 0.29) is 5.41 Å². The van der Waals surface area contributed by atoms with Crippen molar-refractivity contribution in [3.8, 4) is 44.5 Å². The topological polar surface area (TPSA) is 16.4 Å². The molecule has 0 saturated carbocycles. The molecular formula is C55H39NO. The van der Waals surface area contributed by atoms with Crippen molar-refractivity contribution in [1.29, 1.82) is 0 Å². The standard InChI is InChI=1S/C55H39NO/c1-55(2)47-19-10-8-17-45(47)52-48(55)20-12-21-49(52)56(43-31-29-40(30-32-43)39-25-23-38(24-26-39)36-13-4-3-5-14-36)50-34-33-44(42-28-27-37-15-6-7-16-41(37)35-42)54-53(50)46-18-9-11-22-51(46)57-54/h3-35H,1-2H3. The molecule has 0 fully saturated rings. The van der Waals surface area contributed by atoms with Crippen LogP contribution in [0.2, 0.25) is 0 Å². The van der Waals surface area contributed by atoms with Gasteiger partial charge in [0.1, 0.15) is 11.2 Å². The average Bonchev–Trinajstić information content (AvgIpc) is 3.77. The zero-order valence-corrected chi connectivity index (χ0v) is 31.9. The summed E-state index contributed by atoms with van der Waals surface area (Å²) in [5, 5.41) is 4.63. The minimum Gasteiger partial charge on any atom is -0.455 e. The van der Waals surface area contributed by atoms with Gasteiger partial charge in [-0.05, 0) is 97.7 Å². The largest absolute Gasteiger partial charge is 0.455 e. The first-order valence-electron chi connectivity index (χ1n) is 19.8. The second-order valence-corrected chi connectivity index (χ2v) is 15.7. The number of anilines is 3. The highest BCUT2D eigenvalue weighted by Crippen LogP contribution is 2.55. The van der Waals surface area contributed by atoms with E-state index in [1.54, 1.807) is 0 Å². The lowest BCUT2D eigenvalue weighted by Crippen LogP contribution is -2.16. The minimum atomic E-state index is -0.138. The summed E-state index contributed by atoms with van der Waals surface area (Å²) in [6.45, 7) is 4.70. The number of benzene rings is 9. The van der Waals surface area contributed by atoms with E-state index in [4.69, 9.17) is 4.42 Å². The third-order valence-electron chi connectivity index (χ3n) is 12.1.